The predicted molar refractivity (Wildman–Crippen MR) is 69.7 cm³/mol. The Hall–Kier alpha value is -0.390. The number of hydrogen-bond acceptors (Lipinski definition) is 3. The van der Waals surface area contributed by atoms with Crippen LogP contribution < -0.4 is 5.32 Å². The number of halogens is 1. The standard InChI is InChI=1S/C11H16BrNO2S/c1-7(14)10(15)13-6-11(2,3)9-4-8(12)5-16-9/h4-5,7,14H,6H2,1-3H3,(H,13,15). The van der Waals surface area contributed by atoms with Crippen LogP contribution in [0.5, 0.6) is 0 Å². The molecule has 3 nitrogen and oxygen atoms in total. The first kappa shape index (κ1) is 13.7. The van der Waals surface area contributed by atoms with Crippen LogP contribution in [0, 0.1) is 0 Å². The number of aliphatic hydroxyl groups is 1. The fourth-order valence-electron chi connectivity index (χ4n) is 1.21. The van der Waals surface area contributed by atoms with Crippen molar-refractivity contribution in [1.29, 1.82) is 0 Å². The van der Waals surface area contributed by atoms with E-state index in [1.807, 2.05) is 5.38 Å². The zero-order valence-electron chi connectivity index (χ0n) is 9.58. The Labute approximate surface area is 108 Å². The van der Waals surface area contributed by atoms with Crippen LogP contribution in [0.25, 0.3) is 0 Å². The smallest absolute Gasteiger partial charge is 0.248 e. The van der Waals surface area contributed by atoms with E-state index in [4.69, 9.17) is 5.11 Å². The van der Waals surface area contributed by atoms with Crippen LogP contribution in [0.15, 0.2) is 15.9 Å². The zero-order valence-corrected chi connectivity index (χ0v) is 12.0. The topological polar surface area (TPSA) is 49.3 Å². The normalized spacial score (nSPS) is 13.6. The monoisotopic (exact) mass is 305 g/mol. The lowest BCUT2D eigenvalue weighted by Crippen LogP contribution is -2.40. The van der Waals surface area contributed by atoms with E-state index in [0.29, 0.717) is 6.54 Å². The first-order chi connectivity index (χ1) is 7.33. The quantitative estimate of drug-likeness (QED) is 0.896. The summed E-state index contributed by atoms with van der Waals surface area (Å²) in [6.45, 7) is 6.11. The molecule has 0 fully saturated rings. The van der Waals surface area contributed by atoms with E-state index in [0.717, 1.165) is 4.47 Å². The third-order valence-corrected chi connectivity index (χ3v) is 4.38. The molecular formula is C11H16BrNO2S. The molecule has 0 aliphatic carbocycles. The first-order valence-electron chi connectivity index (χ1n) is 5.03. The minimum atomic E-state index is -0.953. The van der Waals surface area contributed by atoms with Gasteiger partial charge in [0.1, 0.15) is 6.10 Å². The number of rotatable bonds is 4. The van der Waals surface area contributed by atoms with Gasteiger partial charge in [-0.1, -0.05) is 13.8 Å². The van der Waals surface area contributed by atoms with E-state index in [1.54, 1.807) is 11.3 Å². The van der Waals surface area contributed by atoms with Crippen molar-refractivity contribution in [1.82, 2.24) is 5.32 Å². The van der Waals surface area contributed by atoms with E-state index in [-0.39, 0.29) is 11.3 Å². The lowest BCUT2D eigenvalue weighted by atomic mass is 9.91. The van der Waals surface area contributed by atoms with Crippen molar-refractivity contribution >= 4 is 33.2 Å². The van der Waals surface area contributed by atoms with Gasteiger partial charge in [0.2, 0.25) is 5.91 Å². The molecule has 90 valence electrons. The Balaban J connectivity index is 2.62. The molecule has 1 aromatic rings. The summed E-state index contributed by atoms with van der Waals surface area (Å²) >= 11 is 5.07. The second-order valence-electron chi connectivity index (χ2n) is 4.41. The zero-order chi connectivity index (χ0) is 12.3. The highest BCUT2D eigenvalue weighted by Gasteiger charge is 2.23. The van der Waals surface area contributed by atoms with Crippen LogP contribution in [0.3, 0.4) is 0 Å². The highest BCUT2D eigenvalue weighted by molar-refractivity contribution is 9.10. The van der Waals surface area contributed by atoms with E-state index >= 15 is 0 Å². The van der Waals surface area contributed by atoms with Gasteiger partial charge >= 0.3 is 0 Å². The SMILES string of the molecule is CC(O)C(=O)NCC(C)(C)c1cc(Br)cs1. The maximum atomic E-state index is 11.3. The summed E-state index contributed by atoms with van der Waals surface area (Å²) in [7, 11) is 0. The summed E-state index contributed by atoms with van der Waals surface area (Å²) in [4.78, 5) is 12.5. The number of hydrogen-bond donors (Lipinski definition) is 2. The van der Waals surface area contributed by atoms with E-state index in [1.165, 1.54) is 11.8 Å². The Kier molecular flexibility index (Phi) is 4.52. The number of nitrogens with one attached hydrogen (secondary N) is 1. The molecule has 1 amide bonds. The van der Waals surface area contributed by atoms with Crippen molar-refractivity contribution in [3.63, 3.8) is 0 Å². The van der Waals surface area contributed by atoms with Crippen molar-refractivity contribution < 1.29 is 9.90 Å². The molecule has 0 bridgehead atoms. The van der Waals surface area contributed by atoms with Crippen LogP contribution >= 0.6 is 27.3 Å². The highest BCUT2D eigenvalue weighted by atomic mass is 79.9. The number of aliphatic hydroxyl groups excluding tert-OH is 1. The van der Waals surface area contributed by atoms with Crippen LogP contribution in [0.4, 0.5) is 0 Å². The Morgan fingerprint density at radius 2 is 2.31 bits per heavy atom. The van der Waals surface area contributed by atoms with Crippen LogP contribution in [0.1, 0.15) is 25.6 Å². The van der Waals surface area contributed by atoms with Crippen molar-refractivity contribution in [2.45, 2.75) is 32.3 Å². The molecule has 1 heterocycles. The lowest BCUT2D eigenvalue weighted by molar-refractivity contribution is -0.128. The number of amides is 1. The molecule has 16 heavy (non-hydrogen) atoms. The van der Waals surface area contributed by atoms with E-state index in [9.17, 15) is 4.79 Å². The minimum Gasteiger partial charge on any atom is -0.384 e. The van der Waals surface area contributed by atoms with Crippen molar-refractivity contribution in [3.8, 4) is 0 Å². The number of thiophene rings is 1. The van der Waals surface area contributed by atoms with Gasteiger partial charge in [-0.3, -0.25) is 4.79 Å². The fraction of sp³-hybridized carbons (Fsp3) is 0.545. The summed E-state index contributed by atoms with van der Waals surface area (Å²) in [6, 6.07) is 2.05. The molecule has 0 aliphatic rings. The molecule has 5 heteroatoms. The first-order valence-corrected chi connectivity index (χ1v) is 6.70. The highest BCUT2D eigenvalue weighted by Crippen LogP contribution is 2.30. The second kappa shape index (κ2) is 5.29. The lowest BCUT2D eigenvalue weighted by Gasteiger charge is -2.24. The van der Waals surface area contributed by atoms with Gasteiger partial charge in [0, 0.05) is 26.7 Å². The van der Waals surface area contributed by atoms with Gasteiger partial charge in [0.15, 0.2) is 0 Å². The molecular weight excluding hydrogens is 290 g/mol. The molecule has 0 saturated heterocycles. The number of carbonyl (C=O) groups excluding carboxylic acids is 1. The maximum absolute atomic E-state index is 11.3. The largest absolute Gasteiger partial charge is 0.384 e. The molecule has 0 saturated carbocycles. The van der Waals surface area contributed by atoms with Crippen molar-refractivity contribution in [2.75, 3.05) is 6.54 Å². The van der Waals surface area contributed by atoms with Gasteiger partial charge in [-0.15, -0.1) is 11.3 Å². The molecule has 2 N–H and O–H groups in total. The van der Waals surface area contributed by atoms with Gasteiger partial charge in [0.25, 0.3) is 0 Å². The number of carbonyl (C=O) groups is 1. The van der Waals surface area contributed by atoms with Crippen LogP contribution in [-0.2, 0) is 10.2 Å². The van der Waals surface area contributed by atoms with Crippen molar-refractivity contribution in [3.05, 3.63) is 20.8 Å². The Bertz CT molecular complexity index is 374. The molecule has 1 aromatic heterocycles. The summed E-state index contributed by atoms with van der Waals surface area (Å²) in [6.07, 6.45) is -0.953. The van der Waals surface area contributed by atoms with Gasteiger partial charge in [-0.25, -0.2) is 0 Å². The third kappa shape index (κ3) is 3.57. The third-order valence-electron chi connectivity index (χ3n) is 2.32. The molecule has 1 rings (SSSR count). The van der Waals surface area contributed by atoms with E-state index < -0.39 is 6.10 Å². The molecule has 0 aliphatic heterocycles. The molecule has 0 aromatic carbocycles. The Morgan fingerprint density at radius 3 is 2.75 bits per heavy atom. The van der Waals surface area contributed by atoms with E-state index in [2.05, 4.69) is 41.2 Å². The van der Waals surface area contributed by atoms with Gasteiger partial charge < -0.3 is 10.4 Å². The van der Waals surface area contributed by atoms with Crippen molar-refractivity contribution in [2.24, 2.45) is 0 Å². The van der Waals surface area contributed by atoms with Crippen LogP contribution in [-0.4, -0.2) is 23.7 Å². The summed E-state index contributed by atoms with van der Waals surface area (Å²) < 4.78 is 1.06. The molecule has 0 spiro atoms. The van der Waals surface area contributed by atoms with Gasteiger partial charge in [-0.2, -0.15) is 0 Å². The maximum Gasteiger partial charge on any atom is 0.248 e. The fourth-order valence-corrected chi connectivity index (χ4v) is 2.77. The molecule has 1 unspecified atom stereocenters. The average Bonchev–Trinajstić information content (AvgIpc) is 2.61. The summed E-state index contributed by atoms with van der Waals surface area (Å²) in [5.41, 5.74) is -0.124. The van der Waals surface area contributed by atoms with Gasteiger partial charge in [0.05, 0.1) is 0 Å². The van der Waals surface area contributed by atoms with Crippen LogP contribution in [0.2, 0.25) is 0 Å². The molecule has 0 radical (unpaired) electrons. The summed E-state index contributed by atoms with van der Waals surface area (Å²) in [5, 5.41) is 13.8. The van der Waals surface area contributed by atoms with Gasteiger partial charge in [-0.05, 0) is 28.9 Å². The minimum absolute atomic E-state index is 0.124. The summed E-state index contributed by atoms with van der Waals surface area (Å²) in [5.74, 6) is -0.330. The second-order valence-corrected chi connectivity index (χ2v) is 6.23. The predicted octanol–water partition coefficient (Wildman–Crippen LogP) is 2.29. The average molecular weight is 306 g/mol. The molecule has 1 atom stereocenters. The Morgan fingerprint density at radius 1 is 1.69 bits per heavy atom.